The molecule has 1 radical (unpaired) electrons. The molecule has 11 heavy (non-hydrogen) atoms. The Labute approximate surface area is 101 Å². The molecule has 0 spiro atoms. The summed E-state index contributed by atoms with van der Waals surface area (Å²) < 4.78 is 9.37. The van der Waals surface area contributed by atoms with Gasteiger partial charge < -0.3 is 15.2 Å². The van der Waals surface area contributed by atoms with Crippen LogP contribution in [0.25, 0.3) is 5.73 Å². The molecule has 5 heteroatoms. The average molecular weight is 371 g/mol. The molecule has 0 aliphatic carbocycles. The SMILES string of the molecule is COC(=O)[C@H]1COCC1[NH-].[Ac]. The molecule has 4 nitrogen and oxygen atoms in total. The van der Waals surface area contributed by atoms with Crippen LogP contribution in [0.1, 0.15) is 0 Å². The van der Waals surface area contributed by atoms with E-state index in [-0.39, 0.29) is 55.9 Å². The first-order valence-electron chi connectivity index (χ1n) is 3.12. The van der Waals surface area contributed by atoms with Gasteiger partial charge in [0.25, 0.3) is 0 Å². The first kappa shape index (κ1) is 11.8. The number of carbonyl (C=O) groups is 1. The van der Waals surface area contributed by atoms with E-state index in [9.17, 15) is 4.79 Å². The molecular formula is C6H10AcNO3-. The zero-order valence-corrected chi connectivity index (χ0v) is 11.1. The van der Waals surface area contributed by atoms with Crippen LogP contribution in [0.15, 0.2) is 0 Å². The minimum atomic E-state index is -0.438. The molecule has 1 N–H and O–H groups in total. The maximum atomic E-state index is 10.8. The molecule has 1 heterocycles. The quantitative estimate of drug-likeness (QED) is 0.620. The molecular weight excluding hydrogens is 361 g/mol. The van der Waals surface area contributed by atoms with E-state index >= 15 is 0 Å². The second-order valence-electron chi connectivity index (χ2n) is 2.27. The zero-order valence-electron chi connectivity index (χ0n) is 6.37. The molecule has 1 fully saturated rings. The van der Waals surface area contributed by atoms with Crippen molar-refractivity contribution in [3.8, 4) is 0 Å². The Kier molecular flexibility index (Phi) is 5.89. The molecule has 0 aromatic rings. The Balaban J connectivity index is 0.000001000. The first-order valence-corrected chi connectivity index (χ1v) is 3.12. The van der Waals surface area contributed by atoms with Crippen molar-refractivity contribution in [1.82, 2.24) is 0 Å². The van der Waals surface area contributed by atoms with Crippen molar-refractivity contribution < 1.29 is 58.3 Å². The number of methoxy groups -OCH3 is 1. The van der Waals surface area contributed by atoms with Gasteiger partial charge in [0.15, 0.2) is 0 Å². The summed E-state index contributed by atoms with van der Waals surface area (Å²) in [7, 11) is 1.33. The number of nitrogens with one attached hydrogen (secondary N) is 1. The first-order chi connectivity index (χ1) is 4.75. The number of carbonyl (C=O) groups excluding carboxylic acids is 1. The Bertz CT molecular complexity index is 142. The van der Waals surface area contributed by atoms with E-state index in [2.05, 4.69) is 4.74 Å². The normalized spacial score (nSPS) is 29.3. The van der Waals surface area contributed by atoms with Gasteiger partial charge in [0, 0.05) is 50.7 Å². The third-order valence-corrected chi connectivity index (χ3v) is 1.58. The van der Waals surface area contributed by atoms with Crippen molar-refractivity contribution in [3.05, 3.63) is 5.73 Å². The van der Waals surface area contributed by atoms with Crippen molar-refractivity contribution >= 4 is 5.97 Å². The number of rotatable bonds is 1. The van der Waals surface area contributed by atoms with Gasteiger partial charge in [-0.15, -0.1) is 0 Å². The minimum absolute atomic E-state index is 0. The van der Waals surface area contributed by atoms with E-state index in [0.29, 0.717) is 13.2 Å². The third kappa shape index (κ3) is 2.98. The van der Waals surface area contributed by atoms with Gasteiger partial charge in [-0.05, 0) is 0 Å². The fourth-order valence-electron chi connectivity index (χ4n) is 0.938. The summed E-state index contributed by atoms with van der Waals surface area (Å²) in [5.41, 5.74) is 7.30. The maximum absolute atomic E-state index is 10.8. The number of hydrogen-bond donors (Lipinski definition) is 0. The molecule has 0 bridgehead atoms. The molecule has 0 saturated carbocycles. The second kappa shape index (κ2) is 5.47. The van der Waals surface area contributed by atoms with E-state index in [1.807, 2.05) is 0 Å². The zero-order chi connectivity index (χ0) is 7.56. The molecule has 0 amide bonds. The number of esters is 1. The smallest absolute Gasteiger partial charge is 0.309 e. The number of hydrogen-bond acceptors (Lipinski definition) is 3. The topological polar surface area (TPSA) is 59.3 Å². The minimum Gasteiger partial charge on any atom is -0.672 e. The molecule has 1 unspecified atom stereocenters. The molecule has 1 aliphatic heterocycles. The van der Waals surface area contributed by atoms with E-state index in [1.165, 1.54) is 7.11 Å². The summed E-state index contributed by atoms with van der Waals surface area (Å²) in [4.78, 5) is 10.8. The Morgan fingerprint density at radius 2 is 2.27 bits per heavy atom. The summed E-state index contributed by atoms with van der Waals surface area (Å²) in [6.45, 7) is 0.681. The predicted octanol–water partition coefficient (Wildman–Crippen LogP) is 0.227. The van der Waals surface area contributed by atoms with Gasteiger partial charge in [0.05, 0.1) is 19.6 Å². The Morgan fingerprint density at radius 3 is 2.64 bits per heavy atom. The molecule has 61 valence electrons. The van der Waals surface area contributed by atoms with Crippen molar-refractivity contribution in [2.75, 3.05) is 20.3 Å². The molecule has 1 rings (SSSR count). The van der Waals surface area contributed by atoms with Crippen molar-refractivity contribution in [2.45, 2.75) is 6.04 Å². The van der Waals surface area contributed by atoms with Gasteiger partial charge in [0.2, 0.25) is 0 Å². The summed E-state index contributed by atoms with van der Waals surface area (Å²) in [6.07, 6.45) is 0. The van der Waals surface area contributed by atoms with Crippen molar-refractivity contribution in [2.24, 2.45) is 5.92 Å². The predicted molar refractivity (Wildman–Crippen MR) is 34.4 cm³/mol. The van der Waals surface area contributed by atoms with Crippen LogP contribution in [0, 0.1) is 50.0 Å². The Hall–Kier alpha value is 0.832. The number of ether oxygens (including phenoxy) is 2. The van der Waals surface area contributed by atoms with Crippen LogP contribution >= 0.6 is 0 Å². The van der Waals surface area contributed by atoms with Crippen LogP contribution in [0.4, 0.5) is 0 Å². The van der Waals surface area contributed by atoms with E-state index in [1.54, 1.807) is 0 Å². The van der Waals surface area contributed by atoms with Crippen molar-refractivity contribution in [1.29, 1.82) is 0 Å². The van der Waals surface area contributed by atoms with Crippen LogP contribution in [-0.2, 0) is 14.3 Å². The third-order valence-electron chi connectivity index (χ3n) is 1.58. The summed E-state index contributed by atoms with van der Waals surface area (Å²) >= 11 is 0. The average Bonchev–Trinajstić information content (AvgIpc) is 2.34. The van der Waals surface area contributed by atoms with Gasteiger partial charge >= 0.3 is 5.97 Å². The summed E-state index contributed by atoms with van der Waals surface area (Å²) in [5.74, 6) is -0.706. The van der Waals surface area contributed by atoms with E-state index < -0.39 is 6.04 Å². The monoisotopic (exact) mass is 371 g/mol. The van der Waals surface area contributed by atoms with Gasteiger partial charge in [-0.3, -0.25) is 4.79 Å². The van der Waals surface area contributed by atoms with Gasteiger partial charge in [-0.1, -0.05) is 6.04 Å². The van der Waals surface area contributed by atoms with Crippen LogP contribution in [0.5, 0.6) is 0 Å². The summed E-state index contributed by atoms with van der Waals surface area (Å²) in [5, 5.41) is 0. The van der Waals surface area contributed by atoms with Crippen LogP contribution in [0.2, 0.25) is 0 Å². The summed E-state index contributed by atoms with van der Waals surface area (Å²) in [6, 6.07) is -0.438. The fourth-order valence-corrected chi connectivity index (χ4v) is 0.938. The second-order valence-corrected chi connectivity index (χ2v) is 2.27. The van der Waals surface area contributed by atoms with Crippen LogP contribution in [-0.4, -0.2) is 32.3 Å². The van der Waals surface area contributed by atoms with Crippen LogP contribution in [0.3, 0.4) is 0 Å². The largest absolute Gasteiger partial charge is 0.672 e. The van der Waals surface area contributed by atoms with Crippen LogP contribution < -0.4 is 0 Å². The van der Waals surface area contributed by atoms with Gasteiger partial charge in [-0.25, -0.2) is 0 Å². The van der Waals surface area contributed by atoms with Crippen molar-refractivity contribution in [3.63, 3.8) is 0 Å². The standard InChI is InChI=1S/C6H10NO3.Ac/c1-9-6(8)4-2-10-3-5(4)7;/h4-5,7H,2-3H2,1H3;/q-1;/t4-,5?;/m0./s1. The molecule has 0 aromatic heterocycles. The molecule has 2 atom stereocenters. The molecule has 0 aromatic carbocycles. The van der Waals surface area contributed by atoms with Gasteiger partial charge in [0.1, 0.15) is 0 Å². The Morgan fingerprint density at radius 1 is 1.64 bits per heavy atom. The molecule has 1 saturated heterocycles. The van der Waals surface area contributed by atoms with E-state index in [4.69, 9.17) is 10.5 Å². The van der Waals surface area contributed by atoms with E-state index in [0.717, 1.165) is 0 Å². The maximum Gasteiger partial charge on any atom is 0.309 e. The fraction of sp³-hybridized carbons (Fsp3) is 0.833. The van der Waals surface area contributed by atoms with Gasteiger partial charge in [-0.2, -0.15) is 0 Å². The molecule has 1 aliphatic rings.